The molecule has 0 aromatic rings. The van der Waals surface area contributed by atoms with Gasteiger partial charge in [0.15, 0.2) is 0 Å². The van der Waals surface area contributed by atoms with Gasteiger partial charge in [0.1, 0.15) is 6.04 Å². The molecular weight excluding hydrogens is 246 g/mol. The minimum atomic E-state index is -0.566. The number of rotatable bonds is 3. The van der Waals surface area contributed by atoms with Gasteiger partial charge < -0.3 is 10.6 Å². The fraction of sp³-hybridized carbons (Fsp3) is 0.769. The molecule has 3 amide bonds. The molecule has 0 spiro atoms. The normalized spacial score (nSPS) is 26.7. The van der Waals surface area contributed by atoms with Crippen molar-refractivity contribution in [1.29, 1.82) is 0 Å². The quantitative estimate of drug-likeness (QED) is 0.612. The van der Waals surface area contributed by atoms with Gasteiger partial charge >= 0.3 is 0 Å². The molecule has 1 atom stereocenters. The first kappa shape index (κ1) is 14.0. The summed E-state index contributed by atoms with van der Waals surface area (Å²) in [5.41, 5.74) is -0.368. The molecule has 0 radical (unpaired) electrons. The lowest BCUT2D eigenvalue weighted by Crippen LogP contribution is -2.56. The number of imide groups is 1. The smallest absolute Gasteiger partial charge is 0.249 e. The summed E-state index contributed by atoms with van der Waals surface area (Å²) in [6.45, 7) is 3.67. The van der Waals surface area contributed by atoms with Crippen LogP contribution in [0.3, 0.4) is 0 Å². The van der Waals surface area contributed by atoms with Gasteiger partial charge in [-0.25, -0.2) is 0 Å². The van der Waals surface area contributed by atoms with Gasteiger partial charge in [0.25, 0.3) is 0 Å². The Morgan fingerprint density at radius 2 is 2.05 bits per heavy atom. The van der Waals surface area contributed by atoms with E-state index in [1.807, 2.05) is 6.92 Å². The predicted octanol–water partition coefficient (Wildman–Crippen LogP) is -0.312. The van der Waals surface area contributed by atoms with Crippen molar-refractivity contribution in [3.8, 4) is 0 Å². The van der Waals surface area contributed by atoms with Crippen LogP contribution in [0.15, 0.2) is 0 Å². The zero-order chi connectivity index (χ0) is 13.9. The number of hydrogen-bond acceptors (Lipinski definition) is 4. The van der Waals surface area contributed by atoms with Crippen molar-refractivity contribution in [3.05, 3.63) is 0 Å². The van der Waals surface area contributed by atoms with E-state index in [0.29, 0.717) is 6.42 Å². The average Bonchev–Trinajstić information content (AvgIpc) is 2.42. The van der Waals surface area contributed by atoms with Gasteiger partial charge in [-0.05, 0) is 38.8 Å². The van der Waals surface area contributed by atoms with E-state index in [1.54, 1.807) is 0 Å². The molecule has 0 aliphatic carbocycles. The van der Waals surface area contributed by atoms with Crippen molar-refractivity contribution >= 4 is 17.7 Å². The predicted molar refractivity (Wildman–Crippen MR) is 69.1 cm³/mol. The second-order valence-electron chi connectivity index (χ2n) is 5.36. The molecule has 2 fully saturated rings. The Labute approximate surface area is 112 Å². The van der Waals surface area contributed by atoms with Gasteiger partial charge in [-0.3, -0.25) is 19.7 Å². The molecule has 0 aromatic carbocycles. The fourth-order valence-corrected chi connectivity index (χ4v) is 2.79. The van der Waals surface area contributed by atoms with Gasteiger partial charge in [-0.1, -0.05) is 6.92 Å². The monoisotopic (exact) mass is 267 g/mol. The molecule has 6 nitrogen and oxygen atoms in total. The van der Waals surface area contributed by atoms with E-state index >= 15 is 0 Å². The molecule has 0 aromatic heterocycles. The Hall–Kier alpha value is -1.43. The standard InChI is InChI=1S/C13H21N3O3/c1-2-13(5-7-14-8-6-13)12(19)15-9-3-4-10(17)16-11(9)18/h9,14H,2-8H2,1H3,(H,15,19)(H,16,17,18). The van der Waals surface area contributed by atoms with Gasteiger partial charge in [-0.2, -0.15) is 0 Å². The molecule has 2 aliphatic heterocycles. The van der Waals surface area contributed by atoms with Crippen LogP contribution in [0.1, 0.15) is 39.0 Å². The molecule has 3 N–H and O–H groups in total. The Morgan fingerprint density at radius 1 is 1.37 bits per heavy atom. The second-order valence-corrected chi connectivity index (χ2v) is 5.36. The van der Waals surface area contributed by atoms with Crippen molar-refractivity contribution in [1.82, 2.24) is 16.0 Å². The van der Waals surface area contributed by atoms with E-state index in [9.17, 15) is 14.4 Å². The van der Waals surface area contributed by atoms with Crippen molar-refractivity contribution in [2.75, 3.05) is 13.1 Å². The van der Waals surface area contributed by atoms with Crippen LogP contribution in [0, 0.1) is 5.41 Å². The third-order valence-corrected chi connectivity index (χ3v) is 4.26. The molecule has 2 heterocycles. The molecule has 6 heteroatoms. The number of amides is 3. The van der Waals surface area contributed by atoms with E-state index in [-0.39, 0.29) is 29.6 Å². The van der Waals surface area contributed by atoms with Crippen molar-refractivity contribution in [3.63, 3.8) is 0 Å². The molecule has 0 saturated carbocycles. The molecule has 0 bridgehead atoms. The highest BCUT2D eigenvalue weighted by molar-refractivity contribution is 6.02. The summed E-state index contributed by atoms with van der Waals surface area (Å²) in [7, 11) is 0. The van der Waals surface area contributed by atoms with Crippen molar-refractivity contribution in [2.24, 2.45) is 5.41 Å². The molecular formula is C13H21N3O3. The van der Waals surface area contributed by atoms with Crippen molar-refractivity contribution in [2.45, 2.75) is 45.1 Å². The minimum absolute atomic E-state index is 0.0500. The van der Waals surface area contributed by atoms with E-state index in [1.165, 1.54) is 0 Å². The highest BCUT2D eigenvalue weighted by atomic mass is 16.2. The Balaban J connectivity index is 1.99. The van der Waals surface area contributed by atoms with Crippen LogP contribution in [-0.4, -0.2) is 36.9 Å². The molecule has 2 aliphatic rings. The number of carbonyl (C=O) groups excluding carboxylic acids is 3. The Bertz CT molecular complexity index is 389. The molecule has 2 rings (SSSR count). The Morgan fingerprint density at radius 3 is 2.63 bits per heavy atom. The lowest BCUT2D eigenvalue weighted by molar-refractivity contribution is -0.141. The van der Waals surface area contributed by atoms with Gasteiger partial charge in [0.05, 0.1) is 5.41 Å². The van der Waals surface area contributed by atoms with Crippen LogP contribution >= 0.6 is 0 Å². The number of carbonyl (C=O) groups is 3. The van der Waals surface area contributed by atoms with Crippen LogP contribution in [-0.2, 0) is 14.4 Å². The lowest BCUT2D eigenvalue weighted by atomic mass is 9.75. The lowest BCUT2D eigenvalue weighted by Gasteiger charge is -2.36. The summed E-state index contributed by atoms with van der Waals surface area (Å²) < 4.78 is 0. The average molecular weight is 267 g/mol. The summed E-state index contributed by atoms with van der Waals surface area (Å²) in [5, 5.41) is 8.33. The maximum absolute atomic E-state index is 12.4. The summed E-state index contributed by atoms with van der Waals surface area (Å²) in [6, 6.07) is -0.566. The van der Waals surface area contributed by atoms with Crippen LogP contribution < -0.4 is 16.0 Å². The van der Waals surface area contributed by atoms with E-state index in [0.717, 1.165) is 32.4 Å². The maximum Gasteiger partial charge on any atom is 0.249 e. The third kappa shape index (κ3) is 2.94. The second kappa shape index (κ2) is 5.69. The number of nitrogens with one attached hydrogen (secondary N) is 3. The SMILES string of the molecule is CCC1(C(=O)NC2CCC(=O)NC2=O)CCNCC1. The first-order chi connectivity index (χ1) is 9.07. The summed E-state index contributed by atoms with van der Waals surface area (Å²) in [4.78, 5) is 35.2. The highest BCUT2D eigenvalue weighted by Gasteiger charge is 2.40. The Kier molecular flexibility index (Phi) is 4.19. The van der Waals surface area contributed by atoms with E-state index < -0.39 is 6.04 Å². The summed E-state index contributed by atoms with van der Waals surface area (Å²) in [6.07, 6.45) is 3.05. The largest absolute Gasteiger partial charge is 0.344 e. The fourth-order valence-electron chi connectivity index (χ4n) is 2.79. The van der Waals surface area contributed by atoms with Gasteiger partial charge in [0, 0.05) is 6.42 Å². The molecule has 106 valence electrons. The molecule has 2 saturated heterocycles. The first-order valence-electron chi connectivity index (χ1n) is 6.93. The third-order valence-electron chi connectivity index (χ3n) is 4.26. The van der Waals surface area contributed by atoms with E-state index in [2.05, 4.69) is 16.0 Å². The molecule has 1 unspecified atom stereocenters. The molecule has 19 heavy (non-hydrogen) atoms. The van der Waals surface area contributed by atoms with E-state index in [4.69, 9.17) is 0 Å². The van der Waals surface area contributed by atoms with Crippen LogP contribution in [0.25, 0.3) is 0 Å². The topological polar surface area (TPSA) is 87.3 Å². The first-order valence-corrected chi connectivity index (χ1v) is 6.93. The van der Waals surface area contributed by atoms with Crippen molar-refractivity contribution < 1.29 is 14.4 Å². The number of piperidine rings is 2. The highest BCUT2D eigenvalue weighted by Crippen LogP contribution is 2.33. The summed E-state index contributed by atoms with van der Waals surface area (Å²) >= 11 is 0. The zero-order valence-electron chi connectivity index (χ0n) is 11.3. The maximum atomic E-state index is 12.4. The van der Waals surface area contributed by atoms with Crippen LogP contribution in [0.4, 0.5) is 0 Å². The van der Waals surface area contributed by atoms with Gasteiger partial charge in [0.2, 0.25) is 17.7 Å². The minimum Gasteiger partial charge on any atom is -0.344 e. The van der Waals surface area contributed by atoms with Crippen LogP contribution in [0.2, 0.25) is 0 Å². The van der Waals surface area contributed by atoms with Crippen LogP contribution in [0.5, 0.6) is 0 Å². The number of hydrogen-bond donors (Lipinski definition) is 3. The summed E-state index contributed by atoms with van der Waals surface area (Å²) in [5.74, 6) is -0.696. The van der Waals surface area contributed by atoms with Gasteiger partial charge in [-0.15, -0.1) is 0 Å². The zero-order valence-corrected chi connectivity index (χ0v) is 11.3.